The van der Waals surface area contributed by atoms with Gasteiger partial charge >= 0.3 is 0 Å². The van der Waals surface area contributed by atoms with Crippen molar-refractivity contribution in [2.45, 2.75) is 26.2 Å². The Morgan fingerprint density at radius 2 is 1.70 bits per heavy atom. The Hall–Kier alpha value is -2.95. The summed E-state index contributed by atoms with van der Waals surface area (Å²) < 4.78 is 1.52. The normalized spacial score (nSPS) is 14.8. The van der Waals surface area contributed by atoms with Crippen molar-refractivity contribution in [3.63, 3.8) is 0 Å². The lowest BCUT2D eigenvalue weighted by molar-refractivity contribution is -0.117. The summed E-state index contributed by atoms with van der Waals surface area (Å²) >= 11 is 19.1. The van der Waals surface area contributed by atoms with Crippen LogP contribution in [0, 0.1) is 0 Å². The van der Waals surface area contributed by atoms with Crippen LogP contribution < -0.4 is 10.9 Å². The number of fused-ring (bicyclic) bond motifs is 1. The van der Waals surface area contributed by atoms with Crippen molar-refractivity contribution < 1.29 is 4.79 Å². The number of nitrogens with zero attached hydrogens (tertiary/aromatic N) is 5. The number of hydrogen-bond donors (Lipinski definition) is 2. The number of benzene rings is 2. The Kier molecular flexibility index (Phi) is 8.49. The van der Waals surface area contributed by atoms with Crippen molar-refractivity contribution in [1.29, 1.82) is 0 Å². The van der Waals surface area contributed by atoms with Gasteiger partial charge in [0.05, 0.1) is 22.3 Å². The number of likely N-dealkylation sites (N-methyl/N-ethyl adjacent to an activating group) is 1. The second-order valence-electron chi connectivity index (χ2n) is 10.4. The molecule has 1 aliphatic rings. The van der Waals surface area contributed by atoms with E-state index in [2.05, 4.69) is 32.2 Å². The summed E-state index contributed by atoms with van der Waals surface area (Å²) in [6.07, 6.45) is 0.366. The molecule has 4 aromatic rings. The number of hydrogen-bond acceptors (Lipinski definition) is 6. The predicted octanol–water partition coefficient (Wildman–Crippen LogP) is 4.97. The van der Waals surface area contributed by atoms with Crippen LogP contribution in [0.3, 0.4) is 0 Å². The van der Waals surface area contributed by atoms with Crippen LogP contribution in [0.1, 0.15) is 36.8 Å². The number of aromatic amines is 1. The highest BCUT2D eigenvalue weighted by molar-refractivity contribution is 6.40. The van der Waals surface area contributed by atoms with Gasteiger partial charge in [-0.2, -0.15) is 5.10 Å². The lowest BCUT2D eigenvalue weighted by Gasteiger charge is -2.31. The van der Waals surface area contributed by atoms with Crippen LogP contribution in [0.15, 0.2) is 41.2 Å². The Morgan fingerprint density at radius 3 is 2.33 bits per heavy atom. The van der Waals surface area contributed by atoms with E-state index in [-0.39, 0.29) is 17.4 Å². The number of amides is 1. The number of carbonyl (C=O) groups is 1. The second-order valence-corrected chi connectivity index (χ2v) is 11.6. The number of H-pyrrole nitrogens is 1. The van der Waals surface area contributed by atoms with E-state index in [1.807, 2.05) is 38.1 Å². The SMILES string of the molecule is CC(C)c1nn(-c2c(Cl)cc(Cl)cc2Cl)c2nc(Cc3ccc(NC(=O)CN4CCN(C)CC4)cc3)[nH]c(=O)c12. The number of aromatic nitrogens is 4. The van der Waals surface area contributed by atoms with E-state index in [0.717, 1.165) is 31.7 Å². The molecule has 2 N–H and O–H groups in total. The van der Waals surface area contributed by atoms with Gasteiger partial charge in [-0.1, -0.05) is 60.8 Å². The van der Waals surface area contributed by atoms with Crippen molar-refractivity contribution in [3.8, 4) is 5.69 Å². The predicted molar refractivity (Wildman–Crippen MR) is 160 cm³/mol. The first kappa shape index (κ1) is 28.6. The third-order valence-corrected chi connectivity index (χ3v) is 7.72. The fraction of sp³-hybridized carbons (Fsp3) is 0.357. The molecule has 40 heavy (non-hydrogen) atoms. The molecular formula is C28H30Cl3N7O2. The molecule has 0 saturated carbocycles. The minimum atomic E-state index is -0.288. The molecule has 2 aromatic heterocycles. The quantitative estimate of drug-likeness (QED) is 0.310. The van der Waals surface area contributed by atoms with E-state index in [9.17, 15) is 9.59 Å². The van der Waals surface area contributed by atoms with E-state index in [1.54, 1.807) is 12.1 Å². The second kappa shape index (κ2) is 11.9. The highest BCUT2D eigenvalue weighted by atomic mass is 35.5. The molecule has 0 unspecified atom stereocenters. The van der Waals surface area contributed by atoms with E-state index < -0.39 is 0 Å². The zero-order chi connectivity index (χ0) is 28.6. The van der Waals surface area contributed by atoms with Gasteiger partial charge in [-0.15, -0.1) is 0 Å². The van der Waals surface area contributed by atoms with Gasteiger partial charge < -0.3 is 15.2 Å². The highest BCUT2D eigenvalue weighted by Gasteiger charge is 2.23. The molecule has 12 heteroatoms. The number of anilines is 1. The summed E-state index contributed by atoms with van der Waals surface area (Å²) in [5, 5.41) is 9.02. The average molecular weight is 603 g/mol. The monoisotopic (exact) mass is 601 g/mol. The topological polar surface area (TPSA) is 99.2 Å². The average Bonchev–Trinajstić information content (AvgIpc) is 3.26. The van der Waals surface area contributed by atoms with Gasteiger partial charge in [0, 0.05) is 43.3 Å². The Balaban J connectivity index is 1.39. The number of nitrogens with one attached hydrogen (secondary N) is 2. The molecule has 1 saturated heterocycles. The van der Waals surface area contributed by atoms with E-state index in [0.29, 0.717) is 62.0 Å². The summed E-state index contributed by atoms with van der Waals surface area (Å²) in [4.78, 5) is 37.9. The van der Waals surface area contributed by atoms with Gasteiger partial charge in [-0.25, -0.2) is 9.67 Å². The lowest BCUT2D eigenvalue weighted by Crippen LogP contribution is -2.47. The summed E-state index contributed by atoms with van der Waals surface area (Å²) in [6.45, 7) is 7.96. The van der Waals surface area contributed by atoms with Crippen molar-refractivity contribution in [1.82, 2.24) is 29.5 Å². The van der Waals surface area contributed by atoms with Crippen LogP contribution in [-0.4, -0.2) is 75.2 Å². The largest absolute Gasteiger partial charge is 0.325 e. The van der Waals surface area contributed by atoms with Crippen LogP contribution in [0.5, 0.6) is 0 Å². The van der Waals surface area contributed by atoms with Gasteiger partial charge in [-0.3, -0.25) is 14.5 Å². The fourth-order valence-electron chi connectivity index (χ4n) is 4.79. The van der Waals surface area contributed by atoms with Crippen LogP contribution in [0.25, 0.3) is 16.7 Å². The smallest absolute Gasteiger partial charge is 0.262 e. The molecule has 9 nitrogen and oxygen atoms in total. The maximum absolute atomic E-state index is 13.3. The summed E-state index contributed by atoms with van der Waals surface area (Å²) in [7, 11) is 2.09. The number of halogens is 3. The lowest BCUT2D eigenvalue weighted by atomic mass is 10.1. The zero-order valence-corrected chi connectivity index (χ0v) is 24.7. The fourth-order valence-corrected chi connectivity index (χ4v) is 5.76. The molecule has 1 fully saturated rings. The molecule has 5 rings (SSSR count). The number of carbonyl (C=O) groups excluding carboxylic acids is 1. The van der Waals surface area contributed by atoms with Crippen molar-refractivity contribution in [3.05, 3.63) is 78.9 Å². The first-order valence-electron chi connectivity index (χ1n) is 13.1. The van der Waals surface area contributed by atoms with Crippen molar-refractivity contribution in [2.75, 3.05) is 45.1 Å². The van der Waals surface area contributed by atoms with Crippen LogP contribution in [0.4, 0.5) is 5.69 Å². The molecular weight excluding hydrogens is 573 g/mol. The molecule has 1 aliphatic heterocycles. The van der Waals surface area contributed by atoms with Crippen LogP contribution >= 0.6 is 34.8 Å². The van der Waals surface area contributed by atoms with E-state index in [4.69, 9.17) is 39.8 Å². The number of rotatable bonds is 7. The molecule has 0 aliphatic carbocycles. The van der Waals surface area contributed by atoms with Crippen molar-refractivity contribution in [2.24, 2.45) is 0 Å². The molecule has 2 aromatic carbocycles. The molecule has 0 atom stereocenters. The minimum absolute atomic E-state index is 0.0394. The number of piperazine rings is 1. The van der Waals surface area contributed by atoms with E-state index in [1.165, 1.54) is 4.68 Å². The maximum Gasteiger partial charge on any atom is 0.262 e. The standard InChI is InChI=1S/C28H30Cl3N7O2/c1-16(2)25-24-27(38(35-25)26-20(30)13-18(29)14-21(26)31)33-22(34-28(24)40)12-17-4-6-19(7-5-17)32-23(39)15-37-10-8-36(3)9-11-37/h4-7,13-14,16H,8-12,15H2,1-3H3,(H,32,39)(H,33,34,40). The summed E-state index contributed by atoms with van der Waals surface area (Å²) in [6, 6.07) is 10.7. The van der Waals surface area contributed by atoms with E-state index >= 15 is 0 Å². The summed E-state index contributed by atoms with van der Waals surface area (Å²) in [5.41, 5.74) is 2.70. The van der Waals surface area contributed by atoms with Gasteiger partial charge in [-0.05, 0) is 42.8 Å². The third-order valence-electron chi connectivity index (χ3n) is 6.93. The van der Waals surface area contributed by atoms with Gasteiger partial charge in [0.15, 0.2) is 5.65 Å². The van der Waals surface area contributed by atoms with Gasteiger partial charge in [0.25, 0.3) is 5.56 Å². The molecule has 0 spiro atoms. The maximum atomic E-state index is 13.3. The van der Waals surface area contributed by atoms with Gasteiger partial charge in [0.1, 0.15) is 16.9 Å². The highest BCUT2D eigenvalue weighted by Crippen LogP contribution is 2.34. The Bertz CT molecular complexity index is 1580. The third kappa shape index (κ3) is 6.19. The first-order chi connectivity index (χ1) is 19.1. The van der Waals surface area contributed by atoms with Crippen LogP contribution in [-0.2, 0) is 11.2 Å². The summed E-state index contributed by atoms with van der Waals surface area (Å²) in [5.74, 6) is 0.380. The minimum Gasteiger partial charge on any atom is -0.325 e. The van der Waals surface area contributed by atoms with Crippen LogP contribution in [0.2, 0.25) is 15.1 Å². The zero-order valence-electron chi connectivity index (χ0n) is 22.5. The molecule has 0 radical (unpaired) electrons. The Morgan fingerprint density at radius 1 is 1.05 bits per heavy atom. The Labute approximate surface area is 247 Å². The first-order valence-corrected chi connectivity index (χ1v) is 14.2. The van der Waals surface area contributed by atoms with Gasteiger partial charge in [0.2, 0.25) is 5.91 Å². The molecule has 210 valence electrons. The molecule has 1 amide bonds. The molecule has 0 bridgehead atoms. The van der Waals surface area contributed by atoms with Crippen molar-refractivity contribution >= 4 is 57.4 Å². The molecule has 3 heterocycles.